The predicted octanol–water partition coefficient (Wildman–Crippen LogP) is 5.58. The average molecular weight is 583 g/mol. The molecule has 3 aromatic heterocycles. The molecule has 2 atom stereocenters. The SMILES string of the molecule is CCOc1cc(C(=O)Nc2cc(C(F)(F)F)ccn2)ccc1-c1nc([C@@]2(C)CC[C@@](C)(C(=O)O)C2)n2ccnc(N)c12. The average Bonchev–Trinajstić information content (AvgIpc) is 3.48. The maximum atomic E-state index is 13.1. The Kier molecular flexibility index (Phi) is 7.07. The Morgan fingerprint density at radius 3 is 2.57 bits per heavy atom. The molecule has 1 saturated carbocycles. The Morgan fingerprint density at radius 2 is 1.90 bits per heavy atom. The summed E-state index contributed by atoms with van der Waals surface area (Å²) >= 11 is 0. The van der Waals surface area contributed by atoms with Crippen LogP contribution < -0.4 is 15.8 Å². The molecule has 4 aromatic rings. The van der Waals surface area contributed by atoms with Crippen molar-refractivity contribution in [3.05, 3.63) is 65.9 Å². The van der Waals surface area contributed by atoms with Crippen LogP contribution in [-0.4, -0.2) is 42.9 Å². The van der Waals surface area contributed by atoms with E-state index >= 15 is 0 Å². The van der Waals surface area contributed by atoms with Crippen molar-refractivity contribution in [3.63, 3.8) is 0 Å². The molecule has 0 spiro atoms. The zero-order valence-corrected chi connectivity index (χ0v) is 23.1. The van der Waals surface area contributed by atoms with Gasteiger partial charge in [-0.25, -0.2) is 15.0 Å². The van der Waals surface area contributed by atoms with Crippen molar-refractivity contribution in [3.8, 4) is 17.0 Å². The van der Waals surface area contributed by atoms with Crippen molar-refractivity contribution in [2.24, 2.45) is 5.41 Å². The van der Waals surface area contributed by atoms with Crippen LogP contribution in [0.4, 0.5) is 24.8 Å². The number of carboxylic acid groups (broad SMARTS) is 1. The summed E-state index contributed by atoms with van der Waals surface area (Å²) in [6.45, 7) is 5.73. The van der Waals surface area contributed by atoms with E-state index < -0.39 is 34.4 Å². The van der Waals surface area contributed by atoms with Crippen molar-refractivity contribution < 1.29 is 32.6 Å². The number of nitrogens with zero attached hydrogens (tertiary/aromatic N) is 4. The number of carboxylic acids is 1. The first kappa shape index (κ1) is 28.8. The fourth-order valence-electron chi connectivity index (χ4n) is 5.64. The van der Waals surface area contributed by atoms with E-state index in [1.807, 2.05) is 11.3 Å². The molecular formula is C29H29F3N6O4. The van der Waals surface area contributed by atoms with Crippen molar-refractivity contribution >= 4 is 29.0 Å². The second-order valence-electron chi connectivity index (χ2n) is 10.9. The third-order valence-corrected chi connectivity index (χ3v) is 7.78. The molecule has 0 unspecified atom stereocenters. The first-order valence-corrected chi connectivity index (χ1v) is 13.2. The summed E-state index contributed by atoms with van der Waals surface area (Å²) in [6.07, 6.45) is 1.11. The zero-order chi connectivity index (χ0) is 30.4. The first-order valence-electron chi connectivity index (χ1n) is 13.2. The van der Waals surface area contributed by atoms with Gasteiger partial charge >= 0.3 is 12.1 Å². The number of rotatable bonds is 7. The van der Waals surface area contributed by atoms with Gasteiger partial charge in [0, 0.05) is 35.1 Å². The topological polar surface area (TPSA) is 145 Å². The van der Waals surface area contributed by atoms with E-state index in [1.165, 1.54) is 12.1 Å². The summed E-state index contributed by atoms with van der Waals surface area (Å²) in [4.78, 5) is 38.0. The van der Waals surface area contributed by atoms with E-state index in [2.05, 4.69) is 15.3 Å². The molecule has 1 fully saturated rings. The van der Waals surface area contributed by atoms with E-state index in [0.717, 1.165) is 18.3 Å². The van der Waals surface area contributed by atoms with Gasteiger partial charge in [-0.3, -0.25) is 14.0 Å². The quantitative estimate of drug-likeness (QED) is 0.256. The summed E-state index contributed by atoms with van der Waals surface area (Å²) in [5.41, 5.74) is 5.48. The highest BCUT2D eigenvalue weighted by Crippen LogP contribution is 2.51. The minimum absolute atomic E-state index is 0.122. The maximum Gasteiger partial charge on any atom is 0.416 e. The van der Waals surface area contributed by atoms with Crippen LogP contribution in [0.3, 0.4) is 0 Å². The molecular weight excluding hydrogens is 553 g/mol. The van der Waals surface area contributed by atoms with E-state index in [0.29, 0.717) is 47.6 Å². The minimum atomic E-state index is -4.59. The Labute approximate surface area is 238 Å². The molecule has 4 N–H and O–H groups in total. The molecule has 1 aliphatic carbocycles. The fraction of sp³-hybridized carbons (Fsp3) is 0.345. The molecule has 0 aliphatic heterocycles. The number of anilines is 2. The number of imidazole rings is 1. The van der Waals surface area contributed by atoms with Gasteiger partial charge in [-0.1, -0.05) is 6.92 Å². The number of nitrogen functional groups attached to an aromatic ring is 1. The fourth-order valence-corrected chi connectivity index (χ4v) is 5.64. The molecule has 220 valence electrons. The van der Waals surface area contributed by atoms with Crippen LogP contribution in [0, 0.1) is 5.41 Å². The summed E-state index contributed by atoms with van der Waals surface area (Å²) in [6, 6.07) is 6.16. The summed E-state index contributed by atoms with van der Waals surface area (Å²) in [5.74, 6) is -0.665. The second kappa shape index (κ2) is 10.3. The second-order valence-corrected chi connectivity index (χ2v) is 10.9. The Morgan fingerprint density at radius 1 is 1.14 bits per heavy atom. The normalized spacial score (nSPS) is 20.5. The first-order chi connectivity index (χ1) is 19.8. The number of carbonyl (C=O) groups is 2. The highest BCUT2D eigenvalue weighted by molar-refractivity contribution is 6.04. The largest absolute Gasteiger partial charge is 0.493 e. The van der Waals surface area contributed by atoms with E-state index in [9.17, 15) is 27.9 Å². The number of benzene rings is 1. The zero-order valence-electron chi connectivity index (χ0n) is 23.1. The van der Waals surface area contributed by atoms with Gasteiger partial charge in [-0.15, -0.1) is 0 Å². The highest BCUT2D eigenvalue weighted by atomic mass is 19.4. The molecule has 42 heavy (non-hydrogen) atoms. The Balaban J connectivity index is 1.56. The van der Waals surface area contributed by atoms with Gasteiger partial charge in [-0.05, 0) is 63.4 Å². The standard InChI is InChI=1S/C29H29F3N6O4/c1-4-42-19-13-16(24(39)36-20-14-17(7-10-34-20)29(30,31)32)5-6-18(19)21-22-23(33)35-11-12-38(22)25(37-21)27(2)8-9-28(3,15-27)26(40)41/h5-7,10-14H,4,8-9,15H2,1-3H3,(H2,33,35)(H,40,41)(H,34,36,39)/t27-,28+/m0/s1. The number of halogens is 3. The van der Waals surface area contributed by atoms with E-state index in [4.69, 9.17) is 15.5 Å². The Hall–Kier alpha value is -4.68. The van der Waals surface area contributed by atoms with Gasteiger partial charge in [0.15, 0.2) is 0 Å². The lowest BCUT2D eigenvalue weighted by Crippen LogP contribution is -2.29. The third-order valence-electron chi connectivity index (χ3n) is 7.78. The molecule has 1 aliphatic rings. The number of hydrogen-bond acceptors (Lipinski definition) is 7. The van der Waals surface area contributed by atoms with Crippen LogP contribution in [-0.2, 0) is 16.4 Å². The molecule has 1 amide bonds. The number of hydrogen-bond donors (Lipinski definition) is 3. The van der Waals surface area contributed by atoms with Gasteiger partial charge in [-0.2, -0.15) is 13.2 Å². The van der Waals surface area contributed by atoms with Crippen molar-refractivity contribution in [2.45, 2.75) is 51.6 Å². The van der Waals surface area contributed by atoms with Crippen molar-refractivity contribution in [1.29, 1.82) is 0 Å². The number of aliphatic carboxylic acids is 1. The van der Waals surface area contributed by atoms with Crippen molar-refractivity contribution in [1.82, 2.24) is 19.4 Å². The van der Waals surface area contributed by atoms with Crippen LogP contribution in [0.1, 0.15) is 61.8 Å². The van der Waals surface area contributed by atoms with Crippen LogP contribution in [0.2, 0.25) is 0 Å². The van der Waals surface area contributed by atoms with Gasteiger partial charge in [0.1, 0.15) is 34.4 Å². The number of alkyl halides is 3. The summed E-state index contributed by atoms with van der Waals surface area (Å²) in [5, 5.41) is 12.2. The molecule has 3 heterocycles. The number of amides is 1. The number of ether oxygens (including phenoxy) is 1. The molecule has 0 saturated heterocycles. The van der Waals surface area contributed by atoms with Gasteiger partial charge in [0.05, 0.1) is 17.6 Å². The molecule has 13 heteroatoms. The highest BCUT2D eigenvalue weighted by Gasteiger charge is 2.50. The number of pyridine rings is 1. The third kappa shape index (κ3) is 5.10. The molecule has 5 rings (SSSR count). The number of carbonyl (C=O) groups excluding carboxylic acids is 1. The Bertz CT molecular complexity index is 1700. The van der Waals surface area contributed by atoms with E-state index in [1.54, 1.807) is 32.3 Å². The van der Waals surface area contributed by atoms with Crippen LogP contribution >= 0.6 is 0 Å². The van der Waals surface area contributed by atoms with Gasteiger partial charge in [0.2, 0.25) is 0 Å². The minimum Gasteiger partial charge on any atom is -0.493 e. The number of fused-ring (bicyclic) bond motifs is 1. The lowest BCUT2D eigenvalue weighted by atomic mass is 9.81. The monoisotopic (exact) mass is 582 g/mol. The van der Waals surface area contributed by atoms with Crippen LogP contribution in [0.5, 0.6) is 5.75 Å². The van der Waals surface area contributed by atoms with Crippen molar-refractivity contribution in [2.75, 3.05) is 17.7 Å². The van der Waals surface area contributed by atoms with Gasteiger partial charge < -0.3 is 20.9 Å². The summed E-state index contributed by atoms with van der Waals surface area (Å²) in [7, 11) is 0. The predicted molar refractivity (Wildman–Crippen MR) is 148 cm³/mol. The maximum absolute atomic E-state index is 13.1. The lowest BCUT2D eigenvalue weighted by molar-refractivity contribution is -0.147. The number of aromatic nitrogens is 4. The molecule has 0 radical (unpaired) electrons. The van der Waals surface area contributed by atoms with E-state index in [-0.39, 0.29) is 23.8 Å². The number of nitrogens with two attached hydrogens (primary N) is 1. The van der Waals surface area contributed by atoms with Gasteiger partial charge in [0.25, 0.3) is 5.91 Å². The molecule has 10 nitrogen and oxygen atoms in total. The summed E-state index contributed by atoms with van der Waals surface area (Å²) < 4.78 is 47.0. The lowest BCUT2D eigenvalue weighted by Gasteiger charge is -2.25. The van der Waals surface area contributed by atoms with Crippen LogP contribution in [0.25, 0.3) is 16.8 Å². The smallest absolute Gasteiger partial charge is 0.416 e. The van der Waals surface area contributed by atoms with Crippen LogP contribution in [0.15, 0.2) is 48.9 Å². The molecule has 0 bridgehead atoms. The number of nitrogens with one attached hydrogen (secondary N) is 1. The molecule has 1 aromatic carbocycles.